The Labute approximate surface area is 134 Å². The highest BCUT2D eigenvalue weighted by Crippen LogP contribution is 2.15. The molecule has 0 saturated carbocycles. The van der Waals surface area contributed by atoms with Gasteiger partial charge in [-0.3, -0.25) is 0 Å². The van der Waals surface area contributed by atoms with E-state index in [0.29, 0.717) is 10.7 Å². The first kappa shape index (κ1) is 17.8. The molecule has 118 valence electrons. The lowest BCUT2D eigenvalue weighted by Crippen LogP contribution is -2.08. The number of carbonyl (C=O) groups excluding carboxylic acids is 2. The van der Waals surface area contributed by atoms with E-state index in [-0.39, 0.29) is 18.8 Å². The van der Waals surface area contributed by atoms with E-state index >= 15 is 0 Å². The van der Waals surface area contributed by atoms with E-state index in [0.717, 1.165) is 0 Å². The Morgan fingerprint density at radius 1 is 1.18 bits per heavy atom. The van der Waals surface area contributed by atoms with Crippen LogP contribution in [0.2, 0.25) is 5.02 Å². The lowest BCUT2D eigenvalue weighted by Gasteiger charge is -2.05. The zero-order chi connectivity index (χ0) is 16.4. The van der Waals surface area contributed by atoms with Crippen LogP contribution in [0.15, 0.2) is 48.2 Å². The van der Waals surface area contributed by atoms with Crippen molar-refractivity contribution in [1.82, 2.24) is 0 Å². The Morgan fingerprint density at radius 3 is 2.55 bits per heavy atom. The van der Waals surface area contributed by atoms with Crippen molar-refractivity contribution in [2.45, 2.75) is 13.8 Å². The number of rotatable bonds is 7. The predicted molar refractivity (Wildman–Crippen MR) is 85.6 cm³/mol. The van der Waals surface area contributed by atoms with Crippen LogP contribution in [-0.2, 0) is 19.1 Å². The summed E-state index contributed by atoms with van der Waals surface area (Å²) < 4.78 is 9.70. The number of nitrogens with one attached hydrogen (secondary N) is 1. The fourth-order valence-corrected chi connectivity index (χ4v) is 1.67. The lowest BCUT2D eigenvalue weighted by atomic mass is 10.2. The summed E-state index contributed by atoms with van der Waals surface area (Å²) >= 11 is 5.88. The van der Waals surface area contributed by atoms with Gasteiger partial charge in [-0.25, -0.2) is 9.59 Å². The van der Waals surface area contributed by atoms with Crippen molar-refractivity contribution in [2.75, 3.05) is 18.5 Å². The minimum Gasteiger partial charge on any atom is -0.463 e. The SMILES string of the molecule is CCOC(=O)/C=C/C(=C/Nc1cccc(Cl)c1)C(=O)OCC. The number of carbonyl (C=O) groups is 2. The molecule has 0 radical (unpaired) electrons. The minimum atomic E-state index is -0.544. The molecule has 1 aromatic rings. The van der Waals surface area contributed by atoms with Gasteiger partial charge < -0.3 is 14.8 Å². The number of esters is 2. The molecule has 0 saturated heterocycles. The smallest absolute Gasteiger partial charge is 0.339 e. The van der Waals surface area contributed by atoms with Crippen LogP contribution in [0.3, 0.4) is 0 Å². The monoisotopic (exact) mass is 323 g/mol. The lowest BCUT2D eigenvalue weighted by molar-refractivity contribution is -0.138. The number of anilines is 1. The fourth-order valence-electron chi connectivity index (χ4n) is 1.48. The van der Waals surface area contributed by atoms with E-state index in [4.69, 9.17) is 21.1 Å². The number of hydrogen-bond donors (Lipinski definition) is 1. The topological polar surface area (TPSA) is 64.6 Å². The average Bonchev–Trinajstić information content (AvgIpc) is 2.47. The standard InChI is InChI=1S/C16H18ClNO4/c1-3-21-15(19)9-8-12(16(20)22-4-2)11-18-14-7-5-6-13(17)10-14/h5-11,18H,3-4H2,1-2H3/b9-8+,12-11-. The number of hydrogen-bond acceptors (Lipinski definition) is 5. The van der Waals surface area contributed by atoms with Crippen LogP contribution in [0.1, 0.15) is 13.8 Å². The van der Waals surface area contributed by atoms with Crippen molar-refractivity contribution in [3.63, 3.8) is 0 Å². The van der Waals surface area contributed by atoms with Crippen molar-refractivity contribution >= 4 is 29.2 Å². The molecular formula is C16H18ClNO4. The van der Waals surface area contributed by atoms with Gasteiger partial charge in [0.05, 0.1) is 18.8 Å². The molecule has 0 heterocycles. The summed E-state index contributed by atoms with van der Waals surface area (Å²) in [5, 5.41) is 3.50. The third kappa shape index (κ3) is 6.45. The van der Waals surface area contributed by atoms with Crippen LogP contribution < -0.4 is 5.32 Å². The molecule has 1 N–H and O–H groups in total. The van der Waals surface area contributed by atoms with Crippen LogP contribution >= 0.6 is 11.6 Å². The first-order valence-electron chi connectivity index (χ1n) is 6.81. The second-order valence-corrected chi connectivity index (χ2v) is 4.50. The summed E-state index contributed by atoms with van der Waals surface area (Å²) in [4.78, 5) is 23.2. The molecule has 1 rings (SSSR count). The Bertz CT molecular complexity index is 581. The third-order valence-electron chi connectivity index (χ3n) is 2.42. The Hall–Kier alpha value is -2.27. The summed E-state index contributed by atoms with van der Waals surface area (Å²) in [6, 6.07) is 7.01. The summed E-state index contributed by atoms with van der Waals surface area (Å²) in [6.07, 6.45) is 3.96. The molecule has 0 atom stereocenters. The van der Waals surface area contributed by atoms with Gasteiger partial charge >= 0.3 is 11.9 Å². The van der Waals surface area contributed by atoms with E-state index in [1.165, 1.54) is 18.4 Å². The summed E-state index contributed by atoms with van der Waals surface area (Å²) in [5.74, 6) is -1.07. The van der Waals surface area contributed by atoms with Gasteiger partial charge in [0.2, 0.25) is 0 Å². The maximum absolute atomic E-state index is 11.8. The van der Waals surface area contributed by atoms with Crippen molar-refractivity contribution in [2.24, 2.45) is 0 Å². The fraction of sp³-hybridized carbons (Fsp3) is 0.250. The van der Waals surface area contributed by atoms with Gasteiger partial charge in [0.15, 0.2) is 0 Å². The zero-order valence-corrected chi connectivity index (χ0v) is 13.2. The predicted octanol–water partition coefficient (Wildman–Crippen LogP) is 3.32. The van der Waals surface area contributed by atoms with Crippen LogP contribution in [0.25, 0.3) is 0 Å². The Morgan fingerprint density at radius 2 is 1.91 bits per heavy atom. The first-order valence-corrected chi connectivity index (χ1v) is 7.18. The molecule has 0 aliphatic rings. The normalized spacial score (nSPS) is 11.3. The van der Waals surface area contributed by atoms with Gasteiger partial charge in [-0.05, 0) is 38.1 Å². The van der Waals surface area contributed by atoms with Crippen molar-refractivity contribution in [1.29, 1.82) is 0 Å². The van der Waals surface area contributed by atoms with Gasteiger partial charge in [-0.1, -0.05) is 17.7 Å². The van der Waals surface area contributed by atoms with Crippen molar-refractivity contribution in [3.05, 3.63) is 53.2 Å². The van der Waals surface area contributed by atoms with Crippen LogP contribution in [-0.4, -0.2) is 25.2 Å². The first-order chi connectivity index (χ1) is 10.6. The molecule has 22 heavy (non-hydrogen) atoms. The summed E-state index contributed by atoms with van der Waals surface area (Å²) in [6.45, 7) is 3.91. The van der Waals surface area contributed by atoms with E-state index in [9.17, 15) is 9.59 Å². The van der Waals surface area contributed by atoms with Crippen molar-refractivity contribution < 1.29 is 19.1 Å². The van der Waals surface area contributed by atoms with Gasteiger partial charge in [0, 0.05) is 23.0 Å². The zero-order valence-electron chi connectivity index (χ0n) is 12.5. The number of ether oxygens (including phenoxy) is 2. The molecule has 0 aromatic heterocycles. The molecule has 0 fully saturated rings. The van der Waals surface area contributed by atoms with E-state index in [2.05, 4.69) is 5.32 Å². The largest absolute Gasteiger partial charge is 0.463 e. The number of halogens is 1. The second kappa shape index (κ2) is 9.63. The second-order valence-electron chi connectivity index (χ2n) is 4.06. The average molecular weight is 324 g/mol. The summed E-state index contributed by atoms with van der Waals surface area (Å²) in [5.41, 5.74) is 0.897. The van der Waals surface area contributed by atoms with Gasteiger partial charge in [-0.2, -0.15) is 0 Å². The molecular weight excluding hydrogens is 306 g/mol. The highest BCUT2D eigenvalue weighted by Gasteiger charge is 2.08. The van der Waals surface area contributed by atoms with E-state index < -0.39 is 11.9 Å². The van der Waals surface area contributed by atoms with Gasteiger partial charge in [0.1, 0.15) is 0 Å². The molecule has 1 aromatic carbocycles. The highest BCUT2D eigenvalue weighted by atomic mass is 35.5. The Kier molecular flexibility index (Phi) is 7.78. The van der Waals surface area contributed by atoms with Crippen LogP contribution in [0.5, 0.6) is 0 Å². The van der Waals surface area contributed by atoms with Crippen molar-refractivity contribution in [3.8, 4) is 0 Å². The number of benzene rings is 1. The van der Waals surface area contributed by atoms with Crippen LogP contribution in [0.4, 0.5) is 5.69 Å². The van der Waals surface area contributed by atoms with Gasteiger partial charge in [0.25, 0.3) is 0 Å². The molecule has 6 heteroatoms. The van der Waals surface area contributed by atoms with E-state index in [1.54, 1.807) is 38.1 Å². The maximum atomic E-state index is 11.8. The Balaban J connectivity index is 2.87. The molecule has 0 spiro atoms. The van der Waals surface area contributed by atoms with E-state index in [1.807, 2.05) is 0 Å². The quantitative estimate of drug-likeness (QED) is 0.474. The molecule has 0 bridgehead atoms. The maximum Gasteiger partial charge on any atom is 0.339 e. The molecule has 0 aliphatic heterocycles. The minimum absolute atomic E-state index is 0.190. The van der Waals surface area contributed by atoms with Gasteiger partial charge in [-0.15, -0.1) is 0 Å². The third-order valence-corrected chi connectivity index (χ3v) is 2.65. The highest BCUT2D eigenvalue weighted by molar-refractivity contribution is 6.30. The molecule has 5 nitrogen and oxygen atoms in total. The molecule has 0 unspecified atom stereocenters. The molecule has 0 amide bonds. The summed E-state index contributed by atoms with van der Waals surface area (Å²) in [7, 11) is 0. The molecule has 0 aliphatic carbocycles. The van der Waals surface area contributed by atoms with Crippen LogP contribution in [0, 0.1) is 0 Å².